The van der Waals surface area contributed by atoms with Gasteiger partial charge in [-0.15, -0.1) is 0 Å². The van der Waals surface area contributed by atoms with Crippen molar-refractivity contribution in [3.8, 4) is 0 Å². The Morgan fingerprint density at radius 3 is 2.89 bits per heavy atom. The van der Waals surface area contributed by atoms with E-state index in [1.807, 2.05) is 6.07 Å². The lowest BCUT2D eigenvalue weighted by Crippen LogP contribution is -2.29. The minimum atomic E-state index is -3.57. The van der Waals surface area contributed by atoms with Crippen molar-refractivity contribution in [2.75, 3.05) is 16.6 Å². The highest BCUT2D eigenvalue weighted by atomic mass is 32.2. The van der Waals surface area contributed by atoms with Crippen molar-refractivity contribution >= 4 is 21.4 Å². The number of fused-ring (bicyclic) bond motifs is 1. The molecule has 1 aliphatic rings. The maximum atomic E-state index is 12.4. The van der Waals surface area contributed by atoms with Crippen molar-refractivity contribution in [1.82, 2.24) is 10.2 Å². The fraction of sp³-hybridized carbons (Fsp3) is 0.182. The Kier molecular flexibility index (Phi) is 2.30. The third-order valence-corrected chi connectivity index (χ3v) is 4.75. The number of sulfonamides is 1. The minimum Gasteiger partial charge on any atom is -0.399 e. The molecule has 94 valence electrons. The molecule has 0 fully saturated rings. The van der Waals surface area contributed by atoms with Crippen LogP contribution in [0.2, 0.25) is 0 Å². The van der Waals surface area contributed by atoms with Gasteiger partial charge in [0.1, 0.15) is 0 Å². The van der Waals surface area contributed by atoms with E-state index in [0.29, 0.717) is 24.3 Å². The van der Waals surface area contributed by atoms with Crippen LogP contribution in [0.5, 0.6) is 0 Å². The highest BCUT2D eigenvalue weighted by molar-refractivity contribution is 7.92. The van der Waals surface area contributed by atoms with Gasteiger partial charge in [0.05, 0.1) is 11.9 Å². The van der Waals surface area contributed by atoms with E-state index >= 15 is 0 Å². The van der Waals surface area contributed by atoms with Gasteiger partial charge in [0, 0.05) is 12.2 Å². The topological polar surface area (TPSA) is 92.1 Å². The van der Waals surface area contributed by atoms with Crippen molar-refractivity contribution < 1.29 is 8.42 Å². The maximum absolute atomic E-state index is 12.4. The molecule has 2 aromatic rings. The molecule has 0 bridgehead atoms. The summed E-state index contributed by atoms with van der Waals surface area (Å²) in [5.74, 6) is 0. The van der Waals surface area contributed by atoms with E-state index in [9.17, 15) is 8.42 Å². The lowest BCUT2D eigenvalue weighted by molar-refractivity contribution is 0.588. The molecule has 0 spiro atoms. The third kappa shape index (κ3) is 1.55. The lowest BCUT2D eigenvalue weighted by Gasteiger charge is -2.18. The van der Waals surface area contributed by atoms with Gasteiger partial charge in [-0.2, -0.15) is 13.5 Å². The molecular weight excluding hydrogens is 252 g/mol. The SMILES string of the molecule is Nc1ccc2c(c1)N(S(=O)(=O)c1ccn[nH]1)CC2. The number of H-pyrrole nitrogens is 1. The Bertz CT molecular complexity index is 679. The van der Waals surface area contributed by atoms with Gasteiger partial charge in [-0.1, -0.05) is 6.07 Å². The number of benzene rings is 1. The Labute approximate surface area is 104 Å². The van der Waals surface area contributed by atoms with Gasteiger partial charge >= 0.3 is 0 Å². The summed E-state index contributed by atoms with van der Waals surface area (Å²) in [7, 11) is -3.57. The number of nitrogen functional groups attached to an aromatic ring is 1. The van der Waals surface area contributed by atoms with Gasteiger partial charge in [-0.25, -0.2) is 0 Å². The summed E-state index contributed by atoms with van der Waals surface area (Å²) < 4.78 is 26.1. The molecule has 0 saturated heterocycles. The average Bonchev–Trinajstić information content (AvgIpc) is 2.97. The second kappa shape index (κ2) is 3.74. The van der Waals surface area contributed by atoms with Gasteiger partial charge in [-0.05, 0) is 30.2 Å². The van der Waals surface area contributed by atoms with Crippen LogP contribution in [0.15, 0.2) is 35.5 Å². The van der Waals surface area contributed by atoms with Crippen LogP contribution in [0.3, 0.4) is 0 Å². The maximum Gasteiger partial charge on any atom is 0.281 e. The quantitative estimate of drug-likeness (QED) is 0.783. The predicted octanol–water partition coefficient (Wildman–Crippen LogP) is 0.743. The molecule has 0 atom stereocenters. The summed E-state index contributed by atoms with van der Waals surface area (Å²) in [6.07, 6.45) is 2.12. The first-order chi connectivity index (χ1) is 8.59. The number of aromatic nitrogens is 2. The van der Waals surface area contributed by atoms with Gasteiger partial charge in [0.15, 0.2) is 5.03 Å². The molecule has 7 heteroatoms. The zero-order chi connectivity index (χ0) is 12.8. The first-order valence-corrected chi connectivity index (χ1v) is 6.93. The van der Waals surface area contributed by atoms with Crippen molar-refractivity contribution in [2.45, 2.75) is 11.4 Å². The predicted molar refractivity (Wildman–Crippen MR) is 67.7 cm³/mol. The zero-order valence-electron chi connectivity index (χ0n) is 9.50. The van der Waals surface area contributed by atoms with Crippen LogP contribution in [0, 0.1) is 0 Å². The third-order valence-electron chi connectivity index (χ3n) is 3.01. The van der Waals surface area contributed by atoms with Crippen molar-refractivity contribution in [2.24, 2.45) is 0 Å². The molecule has 2 heterocycles. The Morgan fingerprint density at radius 1 is 1.33 bits per heavy atom. The average molecular weight is 264 g/mol. The standard InChI is InChI=1S/C11H12N4O2S/c12-9-2-1-8-4-6-15(10(8)7-9)18(16,17)11-3-5-13-14-11/h1-3,5,7H,4,6,12H2,(H,13,14). The Balaban J connectivity index is 2.10. The van der Waals surface area contributed by atoms with Crippen molar-refractivity contribution in [3.05, 3.63) is 36.0 Å². The monoisotopic (exact) mass is 264 g/mol. The number of nitrogens with two attached hydrogens (primary N) is 1. The molecule has 0 saturated carbocycles. The molecule has 0 unspecified atom stereocenters. The fourth-order valence-electron chi connectivity index (χ4n) is 2.12. The number of rotatable bonds is 2. The summed E-state index contributed by atoms with van der Waals surface area (Å²) in [5.41, 5.74) is 7.92. The van der Waals surface area contributed by atoms with E-state index in [1.54, 1.807) is 12.1 Å². The van der Waals surface area contributed by atoms with Crippen molar-refractivity contribution in [1.29, 1.82) is 0 Å². The van der Waals surface area contributed by atoms with Crippen LogP contribution in [0.1, 0.15) is 5.56 Å². The van der Waals surface area contributed by atoms with Crippen LogP contribution < -0.4 is 10.0 Å². The van der Waals surface area contributed by atoms with Crippen LogP contribution in [-0.2, 0) is 16.4 Å². The van der Waals surface area contributed by atoms with E-state index in [0.717, 1.165) is 5.56 Å². The van der Waals surface area contributed by atoms with Crippen molar-refractivity contribution in [3.63, 3.8) is 0 Å². The molecule has 3 rings (SSSR count). The first kappa shape index (κ1) is 11.1. The number of hydrogen-bond donors (Lipinski definition) is 2. The molecule has 0 radical (unpaired) electrons. The van der Waals surface area contributed by atoms with E-state index in [4.69, 9.17) is 5.73 Å². The number of aromatic amines is 1. The van der Waals surface area contributed by atoms with Crippen LogP contribution >= 0.6 is 0 Å². The number of nitrogens with one attached hydrogen (secondary N) is 1. The van der Waals surface area contributed by atoms with Gasteiger partial charge in [0.2, 0.25) is 0 Å². The Morgan fingerprint density at radius 2 is 2.17 bits per heavy atom. The first-order valence-electron chi connectivity index (χ1n) is 5.49. The summed E-state index contributed by atoms with van der Waals surface area (Å²) in [6.45, 7) is 0.431. The Hall–Kier alpha value is -2.02. The molecule has 0 aliphatic carbocycles. The van der Waals surface area contributed by atoms with Gasteiger partial charge < -0.3 is 5.73 Å². The van der Waals surface area contributed by atoms with Crippen LogP contribution in [-0.4, -0.2) is 25.2 Å². The van der Waals surface area contributed by atoms with E-state index in [-0.39, 0.29) is 5.03 Å². The summed E-state index contributed by atoms with van der Waals surface area (Å²) in [5, 5.41) is 6.26. The highest BCUT2D eigenvalue weighted by Crippen LogP contribution is 2.33. The molecule has 0 amide bonds. The van der Waals surface area contributed by atoms with Crippen LogP contribution in [0.4, 0.5) is 11.4 Å². The van der Waals surface area contributed by atoms with E-state index < -0.39 is 10.0 Å². The zero-order valence-corrected chi connectivity index (χ0v) is 10.3. The molecule has 1 aromatic carbocycles. The van der Waals surface area contributed by atoms with E-state index in [1.165, 1.54) is 16.6 Å². The second-order valence-electron chi connectivity index (χ2n) is 4.14. The molecular formula is C11H12N4O2S. The van der Waals surface area contributed by atoms with Gasteiger partial charge in [0.25, 0.3) is 10.0 Å². The number of hydrogen-bond acceptors (Lipinski definition) is 4. The van der Waals surface area contributed by atoms with E-state index in [2.05, 4.69) is 10.2 Å². The summed E-state index contributed by atoms with van der Waals surface area (Å²) >= 11 is 0. The molecule has 6 nitrogen and oxygen atoms in total. The molecule has 1 aromatic heterocycles. The summed E-state index contributed by atoms with van der Waals surface area (Å²) in [6, 6.07) is 6.79. The number of nitrogens with zero attached hydrogens (tertiary/aromatic N) is 2. The van der Waals surface area contributed by atoms with Crippen LogP contribution in [0.25, 0.3) is 0 Å². The van der Waals surface area contributed by atoms with Gasteiger partial charge in [-0.3, -0.25) is 9.40 Å². The highest BCUT2D eigenvalue weighted by Gasteiger charge is 2.31. The number of anilines is 2. The molecule has 1 aliphatic heterocycles. The minimum absolute atomic E-state index is 0.0952. The smallest absolute Gasteiger partial charge is 0.281 e. The second-order valence-corrected chi connectivity index (χ2v) is 5.97. The normalized spacial score (nSPS) is 14.8. The largest absolute Gasteiger partial charge is 0.399 e. The molecule has 3 N–H and O–H groups in total. The lowest BCUT2D eigenvalue weighted by atomic mass is 10.1. The molecule has 18 heavy (non-hydrogen) atoms. The fourth-order valence-corrected chi connectivity index (χ4v) is 3.52. The summed E-state index contributed by atoms with van der Waals surface area (Å²) in [4.78, 5) is 0.